The van der Waals surface area contributed by atoms with Crippen molar-refractivity contribution in [2.75, 3.05) is 19.6 Å². The quantitative estimate of drug-likeness (QED) is 0.208. The minimum atomic E-state index is -4.50. The predicted octanol–water partition coefficient (Wildman–Crippen LogP) is 6.11. The average Bonchev–Trinajstić information content (AvgIpc) is 2.97. The number of alkyl halides is 3. The lowest BCUT2D eigenvalue weighted by molar-refractivity contribution is -0.137. The van der Waals surface area contributed by atoms with Gasteiger partial charge in [0.15, 0.2) is 0 Å². The molecule has 0 saturated heterocycles. The van der Waals surface area contributed by atoms with Crippen molar-refractivity contribution in [1.29, 1.82) is 0 Å². The Morgan fingerprint density at radius 3 is 2.24 bits per heavy atom. The van der Waals surface area contributed by atoms with Crippen molar-refractivity contribution in [1.82, 2.24) is 15.5 Å². The van der Waals surface area contributed by atoms with Gasteiger partial charge in [-0.25, -0.2) is 0 Å². The van der Waals surface area contributed by atoms with E-state index < -0.39 is 29.8 Å². The van der Waals surface area contributed by atoms with Crippen molar-refractivity contribution < 1.29 is 27.9 Å². The fraction of sp³-hybridized carbons (Fsp3) is 0.375. The highest BCUT2D eigenvalue weighted by atomic mass is 35.5. The van der Waals surface area contributed by atoms with Crippen LogP contribution < -0.4 is 10.6 Å². The molecule has 0 saturated carbocycles. The maximum Gasteiger partial charge on any atom is 0.416 e. The van der Waals surface area contributed by atoms with E-state index in [0.717, 1.165) is 30.5 Å². The monoisotopic (exact) mass is 603 g/mol. The van der Waals surface area contributed by atoms with E-state index in [1.54, 1.807) is 29.2 Å². The molecule has 6 nitrogen and oxygen atoms in total. The summed E-state index contributed by atoms with van der Waals surface area (Å²) in [5.74, 6) is -0.602. The van der Waals surface area contributed by atoms with Gasteiger partial charge in [0.25, 0.3) is 11.8 Å². The highest BCUT2D eigenvalue weighted by Gasteiger charge is 2.31. The zero-order valence-electron chi connectivity index (χ0n) is 23.8. The molecule has 0 radical (unpaired) electrons. The van der Waals surface area contributed by atoms with Crippen molar-refractivity contribution in [3.05, 3.63) is 106 Å². The molecule has 0 heterocycles. The number of hydrogen-bond donors (Lipinski definition) is 3. The first-order chi connectivity index (χ1) is 20.0. The molecule has 0 fully saturated rings. The second-order valence-electron chi connectivity index (χ2n) is 10.1. The Bertz CT molecular complexity index is 1320. The topological polar surface area (TPSA) is 81.7 Å². The molecule has 3 N–H and O–H groups in total. The Balaban J connectivity index is 1.74. The summed E-state index contributed by atoms with van der Waals surface area (Å²) in [5.41, 5.74) is 0.990. The molecule has 0 aliphatic heterocycles. The van der Waals surface area contributed by atoms with E-state index in [1.807, 2.05) is 44.2 Å². The van der Waals surface area contributed by atoms with Crippen molar-refractivity contribution in [3.8, 4) is 0 Å². The highest BCUT2D eigenvalue weighted by molar-refractivity contribution is 6.31. The van der Waals surface area contributed by atoms with Crippen molar-refractivity contribution in [3.63, 3.8) is 0 Å². The van der Waals surface area contributed by atoms with Crippen molar-refractivity contribution in [2.45, 2.75) is 58.0 Å². The first-order valence-corrected chi connectivity index (χ1v) is 14.4. The third-order valence-corrected chi connectivity index (χ3v) is 7.14. The van der Waals surface area contributed by atoms with Gasteiger partial charge in [-0.05, 0) is 66.8 Å². The summed E-state index contributed by atoms with van der Waals surface area (Å²) in [7, 11) is 0. The molecule has 0 aromatic heterocycles. The normalized spacial score (nSPS) is 12.9. The molecule has 0 aliphatic rings. The second kappa shape index (κ2) is 15.7. The SMILES string of the molecule is CCCN(CCC)C(=O)c1cccc(C(=O)N[C@@H](Cc2ccccc2)[C@H](O)CNCc2cc(C(F)(F)F)ccc2Cl)c1. The lowest BCUT2D eigenvalue weighted by Crippen LogP contribution is -2.48. The van der Waals surface area contributed by atoms with Gasteiger partial charge in [0.2, 0.25) is 0 Å². The molecule has 42 heavy (non-hydrogen) atoms. The van der Waals surface area contributed by atoms with Gasteiger partial charge >= 0.3 is 6.18 Å². The number of aliphatic hydroxyl groups excluding tert-OH is 1. The standard InChI is InChI=1S/C32H37ClF3N3O3/c1-3-15-39(16-4-2)31(42)24-12-8-11-23(18-24)30(41)38-28(17-22-9-6-5-7-10-22)29(40)21-37-20-25-19-26(32(34,35)36)13-14-27(25)33/h5-14,18-19,28-29,37,40H,3-4,15-17,20-21H2,1-2H3,(H,38,41)/t28-,29+/m0/s1. The van der Waals surface area contributed by atoms with Crippen LogP contribution in [0, 0.1) is 0 Å². The number of carbonyl (C=O) groups is 2. The molecule has 0 spiro atoms. The molecule has 3 rings (SSSR count). The number of nitrogens with zero attached hydrogens (tertiary/aromatic N) is 1. The Morgan fingerprint density at radius 1 is 0.929 bits per heavy atom. The van der Waals surface area contributed by atoms with E-state index in [1.165, 1.54) is 6.07 Å². The Kier molecular flexibility index (Phi) is 12.4. The lowest BCUT2D eigenvalue weighted by Gasteiger charge is -2.25. The van der Waals surface area contributed by atoms with E-state index >= 15 is 0 Å². The number of benzene rings is 3. The first-order valence-electron chi connectivity index (χ1n) is 14.0. The summed E-state index contributed by atoms with van der Waals surface area (Å²) in [6.45, 7) is 5.20. The number of aliphatic hydroxyl groups is 1. The van der Waals surface area contributed by atoms with Crippen LogP contribution in [0.25, 0.3) is 0 Å². The molecular formula is C32H37ClF3N3O3. The molecule has 0 bridgehead atoms. The molecule has 0 aliphatic carbocycles. The third-order valence-electron chi connectivity index (χ3n) is 6.77. The van der Waals surface area contributed by atoms with Crippen molar-refractivity contribution >= 4 is 23.4 Å². The molecule has 226 valence electrons. The fourth-order valence-electron chi connectivity index (χ4n) is 4.62. The van der Waals surface area contributed by atoms with E-state index in [9.17, 15) is 27.9 Å². The number of amides is 2. The van der Waals surface area contributed by atoms with Crippen LogP contribution in [0.4, 0.5) is 13.2 Å². The van der Waals surface area contributed by atoms with Crippen LogP contribution in [0.3, 0.4) is 0 Å². The summed E-state index contributed by atoms with van der Waals surface area (Å²) in [4.78, 5) is 28.2. The summed E-state index contributed by atoms with van der Waals surface area (Å²) < 4.78 is 39.4. The Labute approximate surface area is 249 Å². The molecule has 0 unspecified atom stereocenters. The summed E-state index contributed by atoms with van der Waals surface area (Å²) in [6, 6.07) is 18.1. The van der Waals surface area contributed by atoms with Gasteiger partial charge in [0, 0.05) is 42.3 Å². The zero-order valence-corrected chi connectivity index (χ0v) is 24.5. The molecule has 3 aromatic carbocycles. The van der Waals surface area contributed by atoms with Crippen LogP contribution in [0.15, 0.2) is 72.8 Å². The molecular weight excluding hydrogens is 567 g/mol. The van der Waals surface area contributed by atoms with Crippen LogP contribution in [0.2, 0.25) is 5.02 Å². The van der Waals surface area contributed by atoms with Gasteiger partial charge in [-0.3, -0.25) is 9.59 Å². The first kappa shape index (κ1) is 33.1. The maximum atomic E-state index is 13.3. The molecule has 2 atom stereocenters. The van der Waals surface area contributed by atoms with Crippen molar-refractivity contribution in [2.24, 2.45) is 0 Å². The van der Waals surface area contributed by atoms with Crippen LogP contribution in [-0.2, 0) is 19.1 Å². The minimum absolute atomic E-state index is 0.0119. The van der Waals surface area contributed by atoms with Gasteiger partial charge in [0.05, 0.1) is 17.7 Å². The largest absolute Gasteiger partial charge is 0.416 e. The van der Waals surface area contributed by atoms with Crippen LogP contribution in [-0.4, -0.2) is 53.6 Å². The summed E-state index contributed by atoms with van der Waals surface area (Å²) in [6.07, 6.45) is -3.65. The van der Waals surface area contributed by atoms with Gasteiger partial charge in [0.1, 0.15) is 0 Å². The predicted molar refractivity (Wildman–Crippen MR) is 158 cm³/mol. The lowest BCUT2D eigenvalue weighted by atomic mass is 10.00. The summed E-state index contributed by atoms with van der Waals surface area (Å²) in [5, 5.41) is 17.1. The Hall–Kier alpha value is -3.40. The Morgan fingerprint density at radius 2 is 1.60 bits per heavy atom. The number of halogens is 4. The van der Waals surface area contributed by atoms with Gasteiger partial charge in [-0.15, -0.1) is 0 Å². The van der Waals surface area contributed by atoms with Crippen LogP contribution in [0.1, 0.15) is 64.1 Å². The van der Waals surface area contributed by atoms with Gasteiger partial charge in [-0.2, -0.15) is 13.2 Å². The average molecular weight is 604 g/mol. The van der Waals surface area contributed by atoms with Gasteiger partial charge < -0.3 is 20.6 Å². The maximum absolute atomic E-state index is 13.3. The molecule has 10 heteroatoms. The van der Waals surface area contributed by atoms with E-state index in [0.29, 0.717) is 25.1 Å². The second-order valence-corrected chi connectivity index (χ2v) is 10.6. The number of hydrogen-bond acceptors (Lipinski definition) is 4. The fourth-order valence-corrected chi connectivity index (χ4v) is 4.80. The zero-order chi connectivity index (χ0) is 30.7. The number of carbonyl (C=O) groups excluding carboxylic acids is 2. The smallest absolute Gasteiger partial charge is 0.390 e. The highest BCUT2D eigenvalue weighted by Crippen LogP contribution is 2.31. The summed E-state index contributed by atoms with van der Waals surface area (Å²) >= 11 is 6.10. The number of rotatable bonds is 14. The van der Waals surface area contributed by atoms with Crippen LogP contribution >= 0.6 is 11.6 Å². The van der Waals surface area contributed by atoms with E-state index in [4.69, 9.17) is 11.6 Å². The van der Waals surface area contributed by atoms with Gasteiger partial charge in [-0.1, -0.05) is 61.8 Å². The molecule has 2 amide bonds. The molecule has 3 aromatic rings. The van der Waals surface area contributed by atoms with E-state index in [2.05, 4.69) is 10.6 Å². The third kappa shape index (κ3) is 9.58. The van der Waals surface area contributed by atoms with Crippen LogP contribution in [0.5, 0.6) is 0 Å². The minimum Gasteiger partial charge on any atom is -0.390 e. The van der Waals surface area contributed by atoms with E-state index in [-0.39, 0.29) is 35.1 Å². The number of nitrogens with one attached hydrogen (secondary N) is 2.